The van der Waals surface area contributed by atoms with E-state index in [0.717, 1.165) is 15.7 Å². The lowest BCUT2D eigenvalue weighted by Gasteiger charge is -2.50. The van der Waals surface area contributed by atoms with Gasteiger partial charge in [-0.15, -0.1) is 0 Å². The van der Waals surface area contributed by atoms with Crippen molar-refractivity contribution in [3.8, 4) is 0 Å². The van der Waals surface area contributed by atoms with Gasteiger partial charge < -0.3 is 9.47 Å². The molecule has 2 heterocycles. The van der Waals surface area contributed by atoms with E-state index in [0.29, 0.717) is 0 Å². The molecule has 0 N–H and O–H groups in total. The van der Waals surface area contributed by atoms with Crippen LogP contribution in [0.25, 0.3) is 10.8 Å². The molecule has 0 aliphatic carbocycles. The van der Waals surface area contributed by atoms with Crippen molar-refractivity contribution in [2.24, 2.45) is 5.41 Å². The summed E-state index contributed by atoms with van der Waals surface area (Å²) < 4.78 is 37.4. The van der Waals surface area contributed by atoms with E-state index in [4.69, 9.17) is 9.47 Å². The van der Waals surface area contributed by atoms with Crippen molar-refractivity contribution in [1.29, 1.82) is 0 Å². The molecule has 0 spiro atoms. The quantitative estimate of drug-likeness (QED) is 0.498. The Bertz CT molecular complexity index is 1320. The van der Waals surface area contributed by atoms with Gasteiger partial charge in [-0.1, -0.05) is 51.1 Å². The van der Waals surface area contributed by atoms with Crippen LogP contribution in [-0.2, 0) is 28.9 Å². The summed E-state index contributed by atoms with van der Waals surface area (Å²) in [5, 5.41) is 0.277. The summed E-state index contributed by atoms with van der Waals surface area (Å²) in [5.74, 6) is -1.88. The molecule has 1 saturated heterocycles. The first-order chi connectivity index (χ1) is 15.4. The van der Waals surface area contributed by atoms with Crippen LogP contribution in [0.3, 0.4) is 0 Å². The Morgan fingerprint density at radius 3 is 2.27 bits per heavy atom. The highest BCUT2D eigenvalue weighted by molar-refractivity contribution is 7.93. The maximum Gasteiger partial charge on any atom is 0.339 e. The molecule has 8 nitrogen and oxygen atoms in total. The van der Waals surface area contributed by atoms with Gasteiger partial charge in [0.15, 0.2) is 17.3 Å². The minimum absolute atomic E-state index is 0.00298. The third-order valence-corrected chi connectivity index (χ3v) is 8.12. The van der Waals surface area contributed by atoms with Crippen molar-refractivity contribution < 1.29 is 32.3 Å². The van der Waals surface area contributed by atoms with E-state index in [-0.39, 0.29) is 16.8 Å². The lowest BCUT2D eigenvalue weighted by molar-refractivity contribution is -0.161. The largest absolute Gasteiger partial charge is 0.438 e. The predicted octanol–water partition coefficient (Wildman–Crippen LogP) is 2.82. The molecule has 0 saturated carbocycles. The van der Waals surface area contributed by atoms with Crippen molar-refractivity contribution in [1.82, 2.24) is 4.90 Å². The number of methoxy groups -OCH3 is 1. The number of benzene rings is 2. The molecule has 0 bridgehead atoms. The number of ether oxygens (including phenoxy) is 2. The summed E-state index contributed by atoms with van der Waals surface area (Å²) in [6, 6.07) is 12.3. The second kappa shape index (κ2) is 7.78. The molecule has 0 aromatic heterocycles. The molecule has 1 amide bonds. The van der Waals surface area contributed by atoms with Crippen LogP contribution < -0.4 is 0 Å². The molecule has 33 heavy (non-hydrogen) atoms. The number of Topliss-reactive ketones (excluding diaryl/α,β-unsaturated/α-hetero) is 1. The second-order valence-electron chi connectivity index (χ2n) is 9.25. The lowest BCUT2D eigenvalue weighted by Crippen LogP contribution is -2.72. The maximum atomic E-state index is 13.4. The van der Waals surface area contributed by atoms with Gasteiger partial charge in [0.1, 0.15) is 0 Å². The van der Waals surface area contributed by atoms with Crippen LogP contribution in [0.4, 0.5) is 0 Å². The minimum atomic E-state index is -4.24. The van der Waals surface area contributed by atoms with E-state index in [1.54, 1.807) is 39.0 Å². The highest BCUT2D eigenvalue weighted by Crippen LogP contribution is 2.43. The number of hydrogen-bond donors (Lipinski definition) is 0. The van der Waals surface area contributed by atoms with Crippen LogP contribution in [0, 0.1) is 5.41 Å². The lowest BCUT2D eigenvalue weighted by atomic mass is 9.85. The maximum absolute atomic E-state index is 13.4. The van der Waals surface area contributed by atoms with Crippen LogP contribution in [0.5, 0.6) is 0 Å². The van der Waals surface area contributed by atoms with Crippen LogP contribution in [0.2, 0.25) is 0 Å². The monoisotopic (exact) mass is 471 g/mol. The molecule has 4 rings (SSSR count). The number of esters is 1. The average molecular weight is 472 g/mol. The second-order valence-corrected chi connectivity index (χ2v) is 11.3. The minimum Gasteiger partial charge on any atom is -0.438 e. The third-order valence-electron chi connectivity index (χ3n) is 5.95. The molecule has 2 aromatic rings. The number of carbonyl (C=O) groups excluding carboxylic acids is 3. The van der Waals surface area contributed by atoms with Crippen molar-refractivity contribution in [2.45, 2.75) is 44.6 Å². The number of nitrogens with zero attached hydrogens (tertiary/aromatic N) is 1. The van der Waals surface area contributed by atoms with Crippen molar-refractivity contribution in [3.63, 3.8) is 0 Å². The number of sulfone groups is 1. The fraction of sp³-hybridized carbons (Fsp3) is 0.375. The van der Waals surface area contributed by atoms with E-state index in [1.165, 1.54) is 14.0 Å². The van der Waals surface area contributed by atoms with Gasteiger partial charge in [-0.3, -0.25) is 14.5 Å². The normalized spacial score (nSPS) is 24.3. The fourth-order valence-electron chi connectivity index (χ4n) is 4.17. The Morgan fingerprint density at radius 1 is 1.03 bits per heavy atom. The number of rotatable bonds is 4. The molecule has 2 aromatic carbocycles. The number of hydrogen-bond acceptors (Lipinski definition) is 7. The van der Waals surface area contributed by atoms with Crippen molar-refractivity contribution in [3.05, 3.63) is 59.3 Å². The van der Waals surface area contributed by atoms with E-state index < -0.39 is 49.8 Å². The zero-order chi connectivity index (χ0) is 24.3. The smallest absolute Gasteiger partial charge is 0.339 e. The van der Waals surface area contributed by atoms with Gasteiger partial charge in [0.05, 0.1) is 11.3 Å². The van der Waals surface area contributed by atoms with Crippen molar-refractivity contribution in [2.75, 3.05) is 7.11 Å². The first-order valence-corrected chi connectivity index (χ1v) is 12.0. The molecular weight excluding hydrogens is 446 g/mol. The first kappa shape index (κ1) is 23.1. The molecule has 0 unspecified atom stereocenters. The predicted molar refractivity (Wildman–Crippen MR) is 121 cm³/mol. The van der Waals surface area contributed by atoms with Crippen LogP contribution >= 0.6 is 0 Å². The van der Waals surface area contributed by atoms with Gasteiger partial charge in [0.2, 0.25) is 15.3 Å². The molecule has 174 valence electrons. The number of ketones is 1. The van der Waals surface area contributed by atoms with Crippen LogP contribution in [0.15, 0.2) is 53.7 Å². The van der Waals surface area contributed by atoms with Gasteiger partial charge in [0.25, 0.3) is 5.91 Å². The molecular formula is C24H25NO7S. The number of amides is 1. The van der Waals surface area contributed by atoms with Gasteiger partial charge in [0, 0.05) is 18.1 Å². The Hall–Kier alpha value is -3.04. The van der Waals surface area contributed by atoms with Gasteiger partial charge >= 0.3 is 5.97 Å². The Balaban J connectivity index is 1.78. The average Bonchev–Trinajstić information content (AvgIpc) is 2.76. The number of fused-ring (bicyclic) bond motifs is 2. The summed E-state index contributed by atoms with van der Waals surface area (Å²) in [6.45, 7) is 6.41. The van der Waals surface area contributed by atoms with Crippen molar-refractivity contribution >= 4 is 38.3 Å². The van der Waals surface area contributed by atoms with E-state index in [9.17, 15) is 22.8 Å². The topological polar surface area (TPSA) is 107 Å². The highest BCUT2D eigenvalue weighted by atomic mass is 32.2. The Kier molecular flexibility index (Phi) is 5.45. The van der Waals surface area contributed by atoms with Crippen LogP contribution in [0.1, 0.15) is 38.1 Å². The van der Waals surface area contributed by atoms with E-state index in [1.807, 2.05) is 24.3 Å². The van der Waals surface area contributed by atoms with Gasteiger partial charge in [-0.05, 0) is 29.8 Å². The van der Waals surface area contributed by atoms with Gasteiger partial charge in [-0.2, -0.15) is 0 Å². The van der Waals surface area contributed by atoms with Crippen LogP contribution in [-0.4, -0.2) is 55.0 Å². The molecule has 9 heteroatoms. The number of carbonyl (C=O) groups is 3. The summed E-state index contributed by atoms with van der Waals surface area (Å²) >= 11 is 0. The first-order valence-electron chi connectivity index (χ1n) is 10.4. The summed E-state index contributed by atoms with van der Waals surface area (Å²) in [7, 11) is -3.01. The zero-order valence-corrected chi connectivity index (χ0v) is 19.8. The zero-order valence-electron chi connectivity index (χ0n) is 19.0. The fourth-order valence-corrected chi connectivity index (χ4v) is 6.32. The number of β-lactam (4-membered cyclic amide) rings is 1. The summed E-state index contributed by atoms with van der Waals surface area (Å²) in [6.07, 6.45) is -1.27. The van der Waals surface area contributed by atoms with E-state index in [2.05, 4.69) is 0 Å². The molecule has 1 fully saturated rings. The SMILES string of the molecule is CO[C@H]1C(=O)N2C(C(=O)C(C)(C)C)=C(C)[C@@H](OC(=O)c3ccc4ccccc4c3)S(=O)(=O)[C@H]12. The van der Waals surface area contributed by atoms with E-state index >= 15 is 0 Å². The third kappa shape index (κ3) is 3.55. The molecule has 2 aliphatic heterocycles. The Morgan fingerprint density at radius 2 is 1.67 bits per heavy atom. The number of allylic oxidation sites excluding steroid dienone is 1. The molecule has 2 aliphatic rings. The molecule has 3 atom stereocenters. The molecule has 0 radical (unpaired) electrons. The summed E-state index contributed by atoms with van der Waals surface area (Å²) in [4.78, 5) is 39.8. The summed E-state index contributed by atoms with van der Waals surface area (Å²) in [5.41, 5.74) is -2.49. The Labute approximate surface area is 192 Å². The highest BCUT2D eigenvalue weighted by Gasteiger charge is 2.64. The standard InChI is InChI=1S/C24H25NO7S/c1-13-17(19(26)24(2,3)4)25-20(27)18(31-5)21(25)33(29,30)23(13)32-22(28)16-11-10-14-8-6-7-9-15(14)12-16/h6-12,18,21,23H,1-5H3/t18-,21+,23-/m0/s1. The van der Waals surface area contributed by atoms with Gasteiger partial charge in [-0.25, -0.2) is 13.2 Å².